The van der Waals surface area contributed by atoms with E-state index in [1.54, 1.807) is 4.31 Å². The van der Waals surface area contributed by atoms with Crippen LogP contribution >= 0.6 is 0 Å². The Labute approximate surface area is 128 Å². The molecule has 2 saturated heterocycles. The molecule has 2 heterocycles. The Morgan fingerprint density at radius 2 is 1.86 bits per heavy atom. The number of nitrogens with zero attached hydrogens (tertiary/aromatic N) is 1. The average Bonchev–Trinajstić information content (AvgIpc) is 2.47. The van der Waals surface area contributed by atoms with E-state index in [2.05, 4.69) is 17.0 Å². The lowest BCUT2D eigenvalue weighted by Gasteiger charge is -2.35. The van der Waals surface area contributed by atoms with Crippen LogP contribution < -0.4 is 10.0 Å². The molecule has 21 heavy (non-hydrogen) atoms. The number of ether oxygens (including phenoxy) is 1. The van der Waals surface area contributed by atoms with Gasteiger partial charge in [0.2, 0.25) is 0 Å². The summed E-state index contributed by atoms with van der Waals surface area (Å²) < 4.78 is 34.6. The minimum Gasteiger partial charge on any atom is -0.381 e. The summed E-state index contributed by atoms with van der Waals surface area (Å²) in [5.41, 5.74) is 0.0236. The fourth-order valence-corrected chi connectivity index (χ4v) is 4.45. The molecular weight excluding hydrogens is 290 g/mol. The van der Waals surface area contributed by atoms with Crippen LogP contribution in [0.1, 0.15) is 32.6 Å². The maximum absolute atomic E-state index is 12.4. The molecule has 0 spiro atoms. The molecule has 2 N–H and O–H groups in total. The van der Waals surface area contributed by atoms with E-state index >= 15 is 0 Å². The molecule has 0 aromatic carbocycles. The molecule has 0 bridgehead atoms. The van der Waals surface area contributed by atoms with E-state index in [-0.39, 0.29) is 5.41 Å². The third kappa shape index (κ3) is 4.89. The second kappa shape index (κ2) is 7.37. The van der Waals surface area contributed by atoms with Crippen molar-refractivity contribution in [3.63, 3.8) is 0 Å². The predicted molar refractivity (Wildman–Crippen MR) is 83.3 cm³/mol. The van der Waals surface area contributed by atoms with Crippen molar-refractivity contribution >= 4 is 10.2 Å². The molecule has 0 atom stereocenters. The van der Waals surface area contributed by atoms with E-state index in [0.29, 0.717) is 25.6 Å². The van der Waals surface area contributed by atoms with Gasteiger partial charge in [0.05, 0.1) is 0 Å². The van der Waals surface area contributed by atoms with Gasteiger partial charge in [-0.3, -0.25) is 0 Å². The number of piperidine rings is 1. The quantitative estimate of drug-likeness (QED) is 0.751. The second-order valence-corrected chi connectivity index (χ2v) is 8.40. The van der Waals surface area contributed by atoms with Crippen LogP contribution in [0.25, 0.3) is 0 Å². The molecule has 0 aromatic rings. The fourth-order valence-electron chi connectivity index (χ4n) is 3.04. The molecular formula is C14H29N3O3S. The van der Waals surface area contributed by atoms with Crippen molar-refractivity contribution in [3.05, 3.63) is 0 Å². The number of rotatable bonds is 6. The summed E-state index contributed by atoms with van der Waals surface area (Å²) >= 11 is 0. The van der Waals surface area contributed by atoms with Gasteiger partial charge in [0, 0.05) is 32.8 Å². The van der Waals surface area contributed by atoms with Crippen molar-refractivity contribution in [2.24, 2.45) is 11.3 Å². The summed E-state index contributed by atoms with van der Waals surface area (Å²) in [6.07, 6.45) is 3.71. The minimum atomic E-state index is -3.34. The largest absolute Gasteiger partial charge is 0.381 e. The van der Waals surface area contributed by atoms with E-state index < -0.39 is 10.2 Å². The number of hydrogen-bond acceptors (Lipinski definition) is 4. The average molecular weight is 319 g/mol. The molecule has 2 rings (SSSR count). The first kappa shape index (κ1) is 17.1. The Bertz CT molecular complexity index is 413. The zero-order chi connectivity index (χ0) is 15.3. The van der Waals surface area contributed by atoms with Crippen LogP contribution in [0.4, 0.5) is 0 Å². The summed E-state index contributed by atoms with van der Waals surface area (Å²) in [4.78, 5) is 0. The Balaban J connectivity index is 1.82. The molecule has 0 radical (unpaired) electrons. The van der Waals surface area contributed by atoms with Crippen LogP contribution in [-0.2, 0) is 14.9 Å². The third-order valence-electron chi connectivity index (χ3n) is 4.79. The fraction of sp³-hybridized carbons (Fsp3) is 1.00. The lowest BCUT2D eigenvalue weighted by molar-refractivity contribution is 0.0262. The Hall–Kier alpha value is -0.210. The maximum Gasteiger partial charge on any atom is 0.279 e. The molecule has 0 saturated carbocycles. The topological polar surface area (TPSA) is 70.7 Å². The molecule has 7 heteroatoms. The first-order valence-electron chi connectivity index (χ1n) is 7.92. The second-order valence-electron chi connectivity index (χ2n) is 6.65. The summed E-state index contributed by atoms with van der Waals surface area (Å²) in [7, 11) is -1.39. The van der Waals surface area contributed by atoms with Gasteiger partial charge in [-0.2, -0.15) is 12.7 Å². The number of nitrogens with one attached hydrogen (secondary N) is 2. The van der Waals surface area contributed by atoms with Gasteiger partial charge in [-0.05, 0) is 50.6 Å². The summed E-state index contributed by atoms with van der Waals surface area (Å²) in [5, 5.41) is 3.17. The first-order valence-corrected chi connectivity index (χ1v) is 9.36. The van der Waals surface area contributed by atoms with Gasteiger partial charge in [-0.25, -0.2) is 4.72 Å². The monoisotopic (exact) mass is 319 g/mol. The van der Waals surface area contributed by atoms with Crippen molar-refractivity contribution in [2.75, 3.05) is 46.4 Å². The van der Waals surface area contributed by atoms with Crippen LogP contribution in [0.2, 0.25) is 0 Å². The molecule has 6 nitrogen and oxygen atoms in total. The SMILES string of the molecule is CNCC1CCN(S(=O)(=O)NCC2(C)CCOCC2)CC1. The third-order valence-corrected chi connectivity index (χ3v) is 6.34. The van der Waals surface area contributed by atoms with Gasteiger partial charge in [0.1, 0.15) is 0 Å². The van der Waals surface area contributed by atoms with Crippen LogP contribution in [0.3, 0.4) is 0 Å². The van der Waals surface area contributed by atoms with Gasteiger partial charge in [-0.1, -0.05) is 6.92 Å². The summed E-state index contributed by atoms with van der Waals surface area (Å²) in [6.45, 7) is 6.33. The first-order chi connectivity index (χ1) is 9.95. The predicted octanol–water partition coefficient (Wildman–Crippen LogP) is 0.569. The van der Waals surface area contributed by atoms with Crippen LogP contribution in [-0.4, -0.2) is 59.2 Å². The van der Waals surface area contributed by atoms with Crippen LogP contribution in [0.5, 0.6) is 0 Å². The standard InChI is InChI=1S/C14H29N3O3S/c1-14(5-9-20-10-6-14)12-16-21(18,19)17-7-3-13(4-8-17)11-15-2/h13,15-16H,3-12H2,1-2H3. The van der Waals surface area contributed by atoms with Gasteiger partial charge >= 0.3 is 0 Å². The Morgan fingerprint density at radius 3 is 2.43 bits per heavy atom. The Kier molecular flexibility index (Phi) is 6.02. The zero-order valence-corrected chi connectivity index (χ0v) is 14.0. The molecule has 2 aliphatic rings. The van der Waals surface area contributed by atoms with Gasteiger partial charge in [0.15, 0.2) is 0 Å². The van der Waals surface area contributed by atoms with E-state index in [4.69, 9.17) is 4.74 Å². The van der Waals surface area contributed by atoms with Crippen LogP contribution in [0, 0.1) is 11.3 Å². The Morgan fingerprint density at radius 1 is 1.24 bits per heavy atom. The molecule has 0 aromatic heterocycles. The highest BCUT2D eigenvalue weighted by atomic mass is 32.2. The van der Waals surface area contributed by atoms with Crippen molar-refractivity contribution < 1.29 is 13.2 Å². The van der Waals surface area contributed by atoms with Gasteiger partial charge in [0.25, 0.3) is 10.2 Å². The molecule has 2 fully saturated rings. The van der Waals surface area contributed by atoms with Crippen LogP contribution in [0.15, 0.2) is 0 Å². The maximum atomic E-state index is 12.4. The van der Waals surface area contributed by atoms with Gasteiger partial charge < -0.3 is 10.1 Å². The lowest BCUT2D eigenvalue weighted by atomic mass is 9.83. The summed E-state index contributed by atoms with van der Waals surface area (Å²) in [5.74, 6) is 0.592. The van der Waals surface area contributed by atoms with E-state index in [0.717, 1.165) is 45.4 Å². The van der Waals surface area contributed by atoms with Crippen molar-refractivity contribution in [1.29, 1.82) is 0 Å². The van der Waals surface area contributed by atoms with Crippen molar-refractivity contribution in [2.45, 2.75) is 32.6 Å². The minimum absolute atomic E-state index is 0.0236. The molecule has 2 aliphatic heterocycles. The summed E-state index contributed by atoms with van der Waals surface area (Å²) in [6, 6.07) is 0. The molecule has 0 aliphatic carbocycles. The zero-order valence-electron chi connectivity index (χ0n) is 13.2. The van der Waals surface area contributed by atoms with Crippen molar-refractivity contribution in [3.8, 4) is 0 Å². The molecule has 0 amide bonds. The molecule has 124 valence electrons. The van der Waals surface area contributed by atoms with E-state index in [1.807, 2.05) is 7.05 Å². The van der Waals surface area contributed by atoms with Gasteiger partial charge in [-0.15, -0.1) is 0 Å². The molecule has 0 unspecified atom stereocenters. The normalized spacial score (nSPS) is 25.0. The lowest BCUT2D eigenvalue weighted by Crippen LogP contribution is -2.49. The highest BCUT2D eigenvalue weighted by Crippen LogP contribution is 2.29. The highest BCUT2D eigenvalue weighted by molar-refractivity contribution is 7.87. The van der Waals surface area contributed by atoms with E-state index in [9.17, 15) is 8.42 Å². The highest BCUT2D eigenvalue weighted by Gasteiger charge is 2.32. The number of hydrogen-bond donors (Lipinski definition) is 2. The van der Waals surface area contributed by atoms with E-state index in [1.165, 1.54) is 0 Å². The van der Waals surface area contributed by atoms with Crippen molar-refractivity contribution in [1.82, 2.24) is 14.3 Å². The smallest absolute Gasteiger partial charge is 0.279 e.